The number of rotatable bonds is 4. The second-order valence-corrected chi connectivity index (χ2v) is 3.31. The van der Waals surface area contributed by atoms with Gasteiger partial charge in [0.25, 0.3) is 0 Å². The fourth-order valence-corrected chi connectivity index (χ4v) is 0.944. The molecule has 1 rings (SSSR count). The molecule has 0 aromatic carbocycles. The number of amides is 2. The molecule has 4 heteroatoms. The molecular formula is C8H16N2O2. The van der Waals surface area contributed by atoms with Crippen LogP contribution in [0.5, 0.6) is 0 Å². The number of urea groups is 1. The normalized spacial score (nSPS) is 18.5. The molecule has 12 heavy (non-hydrogen) atoms. The first-order valence-electron chi connectivity index (χ1n) is 4.40. The number of carbonyl (C=O) groups excluding carboxylic acids is 1. The summed E-state index contributed by atoms with van der Waals surface area (Å²) in [7, 11) is 0. The van der Waals surface area contributed by atoms with Crippen LogP contribution in [0, 0.1) is 0 Å². The van der Waals surface area contributed by atoms with Gasteiger partial charge in [-0.15, -0.1) is 0 Å². The fraction of sp³-hybridized carbons (Fsp3) is 0.875. The molecule has 1 atom stereocenters. The topological polar surface area (TPSA) is 61.4 Å². The number of carbonyl (C=O) groups is 1. The Bertz CT molecular complexity index is 157. The van der Waals surface area contributed by atoms with Gasteiger partial charge in [0, 0.05) is 18.7 Å². The summed E-state index contributed by atoms with van der Waals surface area (Å²) in [6, 6.07) is 0.332. The summed E-state index contributed by atoms with van der Waals surface area (Å²) in [5.74, 6) is 0. The Morgan fingerprint density at radius 2 is 2.33 bits per heavy atom. The van der Waals surface area contributed by atoms with E-state index in [2.05, 4.69) is 10.6 Å². The Labute approximate surface area is 72.3 Å². The number of hydrogen-bond acceptors (Lipinski definition) is 2. The highest BCUT2D eigenvalue weighted by Crippen LogP contribution is 2.18. The zero-order valence-corrected chi connectivity index (χ0v) is 7.34. The van der Waals surface area contributed by atoms with Crippen LogP contribution in [-0.4, -0.2) is 29.8 Å². The maximum atomic E-state index is 11.1. The van der Waals surface area contributed by atoms with E-state index in [0.29, 0.717) is 12.5 Å². The molecule has 0 heterocycles. The van der Waals surface area contributed by atoms with E-state index >= 15 is 0 Å². The van der Waals surface area contributed by atoms with Crippen molar-refractivity contribution in [3.8, 4) is 0 Å². The molecule has 0 aromatic heterocycles. The van der Waals surface area contributed by atoms with Crippen molar-refractivity contribution < 1.29 is 9.90 Å². The van der Waals surface area contributed by atoms with Gasteiger partial charge in [0.15, 0.2) is 0 Å². The van der Waals surface area contributed by atoms with Crippen molar-refractivity contribution in [3.63, 3.8) is 0 Å². The summed E-state index contributed by atoms with van der Waals surface area (Å²) in [5.41, 5.74) is 0. The Balaban J connectivity index is 2.06. The lowest BCUT2D eigenvalue weighted by atomic mass is 10.2. The van der Waals surface area contributed by atoms with Gasteiger partial charge < -0.3 is 15.7 Å². The first-order chi connectivity index (χ1) is 5.72. The third kappa shape index (κ3) is 3.57. The number of aliphatic hydroxyl groups excluding tert-OH is 1. The first kappa shape index (κ1) is 9.32. The molecule has 0 aliphatic heterocycles. The smallest absolute Gasteiger partial charge is 0.315 e. The predicted octanol–water partition coefficient (Wildman–Crippen LogP) is 0.219. The van der Waals surface area contributed by atoms with Crippen LogP contribution in [0.2, 0.25) is 0 Å². The average molecular weight is 172 g/mol. The van der Waals surface area contributed by atoms with Crippen molar-refractivity contribution in [1.29, 1.82) is 0 Å². The van der Waals surface area contributed by atoms with Crippen molar-refractivity contribution in [3.05, 3.63) is 0 Å². The molecule has 0 radical (unpaired) electrons. The standard InChI is InChI=1S/C8H16N2O2/c1-6(4-5-11)9-8(12)10-7-2-3-7/h6-7,11H,2-5H2,1H3,(H2,9,10,12). The van der Waals surface area contributed by atoms with Gasteiger partial charge in [-0.2, -0.15) is 0 Å². The predicted molar refractivity (Wildman–Crippen MR) is 45.9 cm³/mol. The Kier molecular flexibility index (Phi) is 3.34. The molecule has 3 N–H and O–H groups in total. The molecule has 0 saturated heterocycles. The number of hydrogen-bond donors (Lipinski definition) is 3. The van der Waals surface area contributed by atoms with Gasteiger partial charge in [0.1, 0.15) is 0 Å². The first-order valence-corrected chi connectivity index (χ1v) is 4.40. The van der Waals surface area contributed by atoms with E-state index in [1.54, 1.807) is 0 Å². The number of aliphatic hydroxyl groups is 1. The van der Waals surface area contributed by atoms with Crippen LogP contribution in [0.1, 0.15) is 26.2 Å². The molecule has 1 unspecified atom stereocenters. The molecule has 4 nitrogen and oxygen atoms in total. The summed E-state index contributed by atoms with van der Waals surface area (Å²) in [4.78, 5) is 11.1. The van der Waals surface area contributed by atoms with E-state index in [1.807, 2.05) is 6.92 Å². The van der Waals surface area contributed by atoms with E-state index in [1.165, 1.54) is 0 Å². The minimum atomic E-state index is -0.113. The van der Waals surface area contributed by atoms with Gasteiger partial charge in [-0.25, -0.2) is 4.79 Å². The Hall–Kier alpha value is -0.770. The van der Waals surface area contributed by atoms with Crippen LogP contribution >= 0.6 is 0 Å². The second kappa shape index (κ2) is 4.30. The maximum Gasteiger partial charge on any atom is 0.315 e. The molecule has 0 spiro atoms. The highest BCUT2D eigenvalue weighted by Gasteiger charge is 2.23. The summed E-state index contributed by atoms with van der Waals surface area (Å²) in [6.45, 7) is 1.99. The van der Waals surface area contributed by atoms with Gasteiger partial charge in [0.05, 0.1) is 0 Å². The SMILES string of the molecule is CC(CCO)NC(=O)NC1CC1. The third-order valence-corrected chi connectivity index (χ3v) is 1.85. The van der Waals surface area contributed by atoms with Crippen molar-refractivity contribution in [2.75, 3.05) is 6.61 Å². The monoisotopic (exact) mass is 172 g/mol. The van der Waals surface area contributed by atoms with Gasteiger partial charge in [-0.05, 0) is 26.2 Å². The molecule has 0 aromatic rings. The highest BCUT2D eigenvalue weighted by molar-refractivity contribution is 5.74. The quantitative estimate of drug-likeness (QED) is 0.568. The molecule has 2 amide bonds. The third-order valence-electron chi connectivity index (χ3n) is 1.85. The summed E-state index contributed by atoms with van der Waals surface area (Å²) in [6.07, 6.45) is 2.81. The Morgan fingerprint density at radius 3 is 2.83 bits per heavy atom. The van der Waals surface area contributed by atoms with Crippen LogP contribution in [0.4, 0.5) is 4.79 Å². The van der Waals surface area contributed by atoms with E-state index in [9.17, 15) is 4.79 Å². The van der Waals surface area contributed by atoms with Crippen LogP contribution in [-0.2, 0) is 0 Å². The summed E-state index contributed by atoms with van der Waals surface area (Å²) >= 11 is 0. The fourth-order valence-electron chi connectivity index (χ4n) is 0.944. The van der Waals surface area contributed by atoms with E-state index in [4.69, 9.17) is 5.11 Å². The van der Waals surface area contributed by atoms with Crippen molar-refractivity contribution in [1.82, 2.24) is 10.6 Å². The molecule has 1 fully saturated rings. The van der Waals surface area contributed by atoms with Gasteiger partial charge in [0.2, 0.25) is 0 Å². The Morgan fingerprint density at radius 1 is 1.67 bits per heavy atom. The lowest BCUT2D eigenvalue weighted by Gasteiger charge is -2.12. The van der Waals surface area contributed by atoms with Gasteiger partial charge in [-0.3, -0.25) is 0 Å². The molecular weight excluding hydrogens is 156 g/mol. The molecule has 70 valence electrons. The summed E-state index contributed by atoms with van der Waals surface area (Å²) < 4.78 is 0. The summed E-state index contributed by atoms with van der Waals surface area (Å²) in [5, 5.41) is 14.1. The van der Waals surface area contributed by atoms with Crippen molar-refractivity contribution in [2.45, 2.75) is 38.3 Å². The van der Waals surface area contributed by atoms with Gasteiger partial charge >= 0.3 is 6.03 Å². The van der Waals surface area contributed by atoms with E-state index in [-0.39, 0.29) is 18.7 Å². The zero-order chi connectivity index (χ0) is 8.97. The van der Waals surface area contributed by atoms with E-state index < -0.39 is 0 Å². The van der Waals surface area contributed by atoms with Crippen LogP contribution < -0.4 is 10.6 Å². The van der Waals surface area contributed by atoms with Gasteiger partial charge in [-0.1, -0.05) is 0 Å². The lowest BCUT2D eigenvalue weighted by Crippen LogP contribution is -2.41. The highest BCUT2D eigenvalue weighted by atomic mass is 16.3. The van der Waals surface area contributed by atoms with E-state index in [0.717, 1.165) is 12.8 Å². The minimum absolute atomic E-state index is 0.0498. The van der Waals surface area contributed by atoms with Crippen LogP contribution in [0.15, 0.2) is 0 Å². The lowest BCUT2D eigenvalue weighted by molar-refractivity contribution is 0.230. The zero-order valence-electron chi connectivity index (χ0n) is 7.34. The molecule has 1 aliphatic carbocycles. The largest absolute Gasteiger partial charge is 0.396 e. The molecule has 1 aliphatic rings. The molecule has 1 saturated carbocycles. The average Bonchev–Trinajstić information content (AvgIpc) is 2.71. The second-order valence-electron chi connectivity index (χ2n) is 3.31. The van der Waals surface area contributed by atoms with Crippen molar-refractivity contribution >= 4 is 6.03 Å². The van der Waals surface area contributed by atoms with Crippen LogP contribution in [0.3, 0.4) is 0 Å². The maximum absolute atomic E-state index is 11.1. The molecule has 0 bridgehead atoms. The number of nitrogens with one attached hydrogen (secondary N) is 2. The van der Waals surface area contributed by atoms with Crippen LogP contribution in [0.25, 0.3) is 0 Å². The minimum Gasteiger partial charge on any atom is -0.396 e. The van der Waals surface area contributed by atoms with Crippen molar-refractivity contribution in [2.24, 2.45) is 0 Å².